The lowest BCUT2D eigenvalue weighted by Crippen LogP contribution is -2.47. The van der Waals surface area contributed by atoms with Crippen LogP contribution in [0.25, 0.3) is 0 Å². The molecule has 1 fully saturated rings. The zero-order valence-corrected chi connectivity index (χ0v) is 11.1. The van der Waals surface area contributed by atoms with Gasteiger partial charge in [-0.15, -0.1) is 0 Å². The van der Waals surface area contributed by atoms with Gasteiger partial charge in [-0.2, -0.15) is 0 Å². The summed E-state index contributed by atoms with van der Waals surface area (Å²) in [5.74, 6) is -2.49. The molecule has 1 amide bonds. The fourth-order valence-corrected chi connectivity index (χ4v) is 2.63. The number of carbonyl (C=O) groups excluding carboxylic acids is 1. The monoisotopic (exact) mass is 271 g/mol. The highest BCUT2D eigenvalue weighted by molar-refractivity contribution is 5.87. The first-order valence-corrected chi connectivity index (χ1v) is 6.67. The van der Waals surface area contributed by atoms with Crippen molar-refractivity contribution in [1.82, 2.24) is 5.32 Å². The molecule has 0 saturated heterocycles. The number of amides is 1. The Labute approximate surface area is 112 Å². The summed E-state index contributed by atoms with van der Waals surface area (Å²) >= 11 is 0. The molecule has 3 N–H and O–H groups in total. The first kappa shape index (κ1) is 15.5. The molecule has 0 radical (unpaired) electrons. The Hall–Kier alpha value is -1.59. The Balaban J connectivity index is 2.65. The molecule has 0 aliphatic heterocycles. The van der Waals surface area contributed by atoms with Crippen molar-refractivity contribution in [1.29, 1.82) is 0 Å². The van der Waals surface area contributed by atoms with Crippen molar-refractivity contribution in [2.24, 2.45) is 5.41 Å². The molecule has 0 bridgehead atoms. The van der Waals surface area contributed by atoms with Crippen molar-refractivity contribution in [2.45, 2.75) is 57.9 Å². The number of carboxylic acid groups (broad SMARTS) is 2. The van der Waals surface area contributed by atoms with Crippen LogP contribution in [0, 0.1) is 5.41 Å². The lowest BCUT2D eigenvalue weighted by molar-refractivity contribution is -0.145. The van der Waals surface area contributed by atoms with E-state index in [2.05, 4.69) is 5.32 Å². The zero-order chi connectivity index (χ0) is 14.5. The highest BCUT2D eigenvalue weighted by Gasteiger charge is 2.40. The van der Waals surface area contributed by atoms with Crippen molar-refractivity contribution in [3.05, 3.63) is 0 Å². The highest BCUT2D eigenvalue weighted by atomic mass is 16.4. The second-order valence-electron chi connectivity index (χ2n) is 5.14. The quantitative estimate of drug-likeness (QED) is 0.649. The van der Waals surface area contributed by atoms with Gasteiger partial charge in [0.2, 0.25) is 5.91 Å². The third-order valence-electron chi connectivity index (χ3n) is 3.97. The molecule has 0 aromatic heterocycles. The molecule has 6 heteroatoms. The van der Waals surface area contributed by atoms with Gasteiger partial charge in [-0.25, -0.2) is 4.79 Å². The van der Waals surface area contributed by atoms with E-state index in [1.165, 1.54) is 0 Å². The number of carbonyl (C=O) groups is 3. The summed E-state index contributed by atoms with van der Waals surface area (Å²) in [6.07, 6.45) is 3.85. The lowest BCUT2D eigenvalue weighted by atomic mass is 9.82. The van der Waals surface area contributed by atoms with Crippen LogP contribution in [-0.4, -0.2) is 34.1 Å². The molecule has 6 nitrogen and oxygen atoms in total. The first-order chi connectivity index (χ1) is 8.91. The molecule has 19 heavy (non-hydrogen) atoms. The normalized spacial score (nSPS) is 18.8. The Kier molecular flexibility index (Phi) is 5.32. The Bertz CT molecular complexity index is 360. The van der Waals surface area contributed by atoms with Crippen molar-refractivity contribution in [2.75, 3.05) is 0 Å². The predicted molar refractivity (Wildman–Crippen MR) is 67.6 cm³/mol. The summed E-state index contributed by atoms with van der Waals surface area (Å²) in [6.45, 7) is 1.93. The minimum atomic E-state index is -1.18. The van der Waals surface area contributed by atoms with Gasteiger partial charge in [-0.05, 0) is 25.7 Å². The molecule has 0 heterocycles. The van der Waals surface area contributed by atoms with Gasteiger partial charge in [-0.1, -0.05) is 19.8 Å². The summed E-state index contributed by atoms with van der Waals surface area (Å²) < 4.78 is 0. The molecule has 1 aliphatic carbocycles. The maximum Gasteiger partial charge on any atom is 0.326 e. The number of hydrogen-bond acceptors (Lipinski definition) is 3. The van der Waals surface area contributed by atoms with Crippen LogP contribution in [0.15, 0.2) is 0 Å². The fraction of sp³-hybridized carbons (Fsp3) is 0.769. The van der Waals surface area contributed by atoms with Crippen LogP contribution in [0.5, 0.6) is 0 Å². The van der Waals surface area contributed by atoms with E-state index in [0.717, 1.165) is 25.7 Å². The number of hydrogen-bond donors (Lipinski definition) is 3. The van der Waals surface area contributed by atoms with Gasteiger partial charge in [0.1, 0.15) is 6.04 Å². The van der Waals surface area contributed by atoms with Crippen molar-refractivity contribution >= 4 is 17.8 Å². The molecule has 1 unspecified atom stereocenters. The van der Waals surface area contributed by atoms with Crippen LogP contribution in [-0.2, 0) is 14.4 Å². The molecule has 1 atom stereocenters. The average molecular weight is 271 g/mol. The van der Waals surface area contributed by atoms with E-state index in [9.17, 15) is 14.4 Å². The van der Waals surface area contributed by atoms with Gasteiger partial charge in [0.15, 0.2) is 0 Å². The van der Waals surface area contributed by atoms with Crippen LogP contribution < -0.4 is 5.32 Å². The summed E-state index contributed by atoms with van der Waals surface area (Å²) in [6, 6.07) is -1.12. The average Bonchev–Trinajstić information content (AvgIpc) is 2.83. The minimum absolute atomic E-state index is 0.0871. The van der Waals surface area contributed by atoms with Gasteiger partial charge >= 0.3 is 11.9 Å². The van der Waals surface area contributed by atoms with Gasteiger partial charge in [0, 0.05) is 11.8 Å². The van der Waals surface area contributed by atoms with Crippen LogP contribution in [0.3, 0.4) is 0 Å². The zero-order valence-electron chi connectivity index (χ0n) is 11.1. The molecule has 1 saturated carbocycles. The smallest absolute Gasteiger partial charge is 0.326 e. The molecule has 1 aliphatic rings. The lowest BCUT2D eigenvalue weighted by Gasteiger charge is -2.28. The van der Waals surface area contributed by atoms with Gasteiger partial charge in [0.25, 0.3) is 0 Å². The summed E-state index contributed by atoms with van der Waals surface area (Å²) in [5, 5.41) is 20.1. The third-order valence-corrected chi connectivity index (χ3v) is 3.97. The van der Waals surface area contributed by atoms with E-state index in [1.54, 1.807) is 0 Å². The maximum atomic E-state index is 12.2. The number of rotatable bonds is 7. The largest absolute Gasteiger partial charge is 0.481 e. The SMILES string of the molecule is CCC1(C(=O)NC(CCC(=O)O)C(=O)O)CCCC1. The molecular formula is C13H21NO5. The summed E-state index contributed by atoms with van der Waals surface area (Å²) in [4.78, 5) is 33.8. The highest BCUT2D eigenvalue weighted by Crippen LogP contribution is 2.41. The van der Waals surface area contributed by atoms with E-state index < -0.39 is 23.4 Å². The third kappa shape index (κ3) is 3.94. The number of nitrogens with one attached hydrogen (secondary N) is 1. The second kappa shape index (κ2) is 6.54. The van der Waals surface area contributed by atoms with Crippen molar-refractivity contribution in [3.63, 3.8) is 0 Å². The Morgan fingerprint density at radius 2 is 1.79 bits per heavy atom. The molecular weight excluding hydrogens is 250 g/mol. The minimum Gasteiger partial charge on any atom is -0.481 e. The molecule has 108 valence electrons. The molecule has 0 aromatic rings. The van der Waals surface area contributed by atoms with E-state index >= 15 is 0 Å². The molecule has 0 spiro atoms. The van der Waals surface area contributed by atoms with E-state index in [1.807, 2.05) is 6.92 Å². The fourth-order valence-electron chi connectivity index (χ4n) is 2.63. The summed E-state index contributed by atoms with van der Waals surface area (Å²) in [7, 11) is 0. The van der Waals surface area contributed by atoms with E-state index in [0.29, 0.717) is 6.42 Å². The van der Waals surface area contributed by atoms with Crippen LogP contribution in [0.4, 0.5) is 0 Å². The van der Waals surface area contributed by atoms with Gasteiger partial charge in [-0.3, -0.25) is 9.59 Å². The number of carboxylic acids is 2. The molecule has 1 rings (SSSR count). The summed E-state index contributed by atoms with van der Waals surface area (Å²) in [5.41, 5.74) is -0.461. The van der Waals surface area contributed by atoms with Crippen molar-refractivity contribution < 1.29 is 24.6 Å². The standard InChI is InChI=1S/C13H21NO5/c1-2-13(7-3-4-8-13)12(19)14-9(11(17)18)5-6-10(15)16/h9H,2-8H2,1H3,(H,14,19)(H,15,16)(H,17,18). The predicted octanol–water partition coefficient (Wildman–Crippen LogP) is 1.39. The van der Waals surface area contributed by atoms with E-state index in [-0.39, 0.29) is 18.7 Å². The van der Waals surface area contributed by atoms with Crippen LogP contribution in [0.1, 0.15) is 51.9 Å². The van der Waals surface area contributed by atoms with Gasteiger partial charge in [0.05, 0.1) is 0 Å². The van der Waals surface area contributed by atoms with E-state index in [4.69, 9.17) is 10.2 Å². The van der Waals surface area contributed by atoms with Crippen LogP contribution >= 0.6 is 0 Å². The van der Waals surface area contributed by atoms with Crippen LogP contribution in [0.2, 0.25) is 0 Å². The second-order valence-corrected chi connectivity index (χ2v) is 5.14. The van der Waals surface area contributed by atoms with Crippen molar-refractivity contribution in [3.8, 4) is 0 Å². The molecule has 0 aromatic carbocycles. The Morgan fingerprint density at radius 1 is 1.21 bits per heavy atom. The number of aliphatic carboxylic acids is 2. The Morgan fingerprint density at radius 3 is 2.21 bits per heavy atom. The first-order valence-electron chi connectivity index (χ1n) is 6.67. The topological polar surface area (TPSA) is 104 Å². The maximum absolute atomic E-state index is 12.2. The van der Waals surface area contributed by atoms with Gasteiger partial charge < -0.3 is 15.5 Å².